The highest BCUT2D eigenvalue weighted by Crippen LogP contribution is 2.31. The molecule has 0 radical (unpaired) electrons. The monoisotopic (exact) mass is 400 g/mol. The van der Waals surface area contributed by atoms with E-state index in [4.69, 9.17) is 0 Å². The van der Waals surface area contributed by atoms with Gasteiger partial charge in [-0.3, -0.25) is 0 Å². The first-order chi connectivity index (χ1) is 12.4. The average molecular weight is 401 g/mol. The Morgan fingerprint density at radius 2 is 1.59 bits per heavy atom. The zero-order valence-corrected chi connectivity index (χ0v) is 16.0. The summed E-state index contributed by atoms with van der Waals surface area (Å²) in [4.78, 5) is 9.00. The zero-order chi connectivity index (χ0) is 18.6. The molecule has 2 heterocycles. The molecular formula is C19H24ClF3N4. The average Bonchev–Trinajstić information content (AvgIpc) is 2.62. The highest BCUT2D eigenvalue weighted by molar-refractivity contribution is 5.85. The number of piperazine rings is 1. The summed E-state index contributed by atoms with van der Waals surface area (Å²) in [5, 5.41) is 3.14. The normalized spacial score (nSPS) is 15.5. The van der Waals surface area contributed by atoms with E-state index < -0.39 is 11.7 Å². The zero-order valence-electron chi connectivity index (χ0n) is 15.2. The second-order valence-electron chi connectivity index (χ2n) is 6.53. The molecule has 3 rings (SSSR count). The van der Waals surface area contributed by atoms with E-state index in [1.165, 1.54) is 12.1 Å². The molecule has 0 atom stereocenters. The standard InChI is InChI=1S/C19H23F3N4.ClH/c1-25-9-11-26(12-10-25)18-16(6-4-8-24-18)14-23-13-15-5-2-3-7-17(15)19(20,21)22;/h2-8,23H,9-14H2,1H3;1H. The second-order valence-corrected chi connectivity index (χ2v) is 6.53. The molecule has 1 aromatic carbocycles. The van der Waals surface area contributed by atoms with Gasteiger partial charge in [-0.1, -0.05) is 24.3 Å². The summed E-state index contributed by atoms with van der Waals surface area (Å²) in [5.74, 6) is 0.914. The van der Waals surface area contributed by atoms with Crippen molar-refractivity contribution >= 4 is 18.2 Å². The van der Waals surface area contributed by atoms with Crippen molar-refractivity contribution in [1.82, 2.24) is 15.2 Å². The predicted molar refractivity (Wildman–Crippen MR) is 103 cm³/mol. The Balaban J connectivity index is 0.00000261. The summed E-state index contributed by atoms with van der Waals surface area (Å²) >= 11 is 0. The molecule has 1 aromatic heterocycles. The lowest BCUT2D eigenvalue weighted by Gasteiger charge is -2.34. The number of anilines is 1. The Morgan fingerprint density at radius 1 is 0.963 bits per heavy atom. The summed E-state index contributed by atoms with van der Waals surface area (Å²) < 4.78 is 39.3. The maximum absolute atomic E-state index is 13.1. The van der Waals surface area contributed by atoms with Crippen LogP contribution in [0.5, 0.6) is 0 Å². The first kappa shape index (κ1) is 21.5. The van der Waals surface area contributed by atoms with Crippen LogP contribution in [0.4, 0.5) is 19.0 Å². The highest BCUT2D eigenvalue weighted by atomic mass is 35.5. The van der Waals surface area contributed by atoms with Gasteiger partial charge in [0.2, 0.25) is 0 Å². The van der Waals surface area contributed by atoms with Crippen molar-refractivity contribution < 1.29 is 13.2 Å². The maximum Gasteiger partial charge on any atom is 0.416 e. The molecule has 1 aliphatic heterocycles. The summed E-state index contributed by atoms with van der Waals surface area (Å²) in [6, 6.07) is 9.52. The fourth-order valence-electron chi connectivity index (χ4n) is 3.15. The van der Waals surface area contributed by atoms with E-state index >= 15 is 0 Å². The van der Waals surface area contributed by atoms with Gasteiger partial charge in [0.25, 0.3) is 0 Å². The first-order valence-electron chi connectivity index (χ1n) is 8.68. The number of hydrogen-bond acceptors (Lipinski definition) is 4. The number of pyridine rings is 1. The SMILES string of the molecule is CN1CCN(c2ncccc2CNCc2ccccc2C(F)(F)F)CC1.Cl. The Kier molecular flexibility index (Phi) is 7.47. The lowest BCUT2D eigenvalue weighted by molar-refractivity contribution is -0.138. The van der Waals surface area contributed by atoms with Gasteiger partial charge in [0.1, 0.15) is 5.82 Å². The number of nitrogens with one attached hydrogen (secondary N) is 1. The Labute approximate surface area is 163 Å². The van der Waals surface area contributed by atoms with Gasteiger partial charge < -0.3 is 15.1 Å². The third-order valence-electron chi connectivity index (χ3n) is 4.62. The number of benzene rings is 1. The van der Waals surface area contributed by atoms with Crippen LogP contribution in [-0.4, -0.2) is 43.1 Å². The van der Waals surface area contributed by atoms with E-state index in [0.29, 0.717) is 6.54 Å². The van der Waals surface area contributed by atoms with Gasteiger partial charge in [-0.2, -0.15) is 13.2 Å². The van der Waals surface area contributed by atoms with E-state index in [1.807, 2.05) is 12.1 Å². The number of alkyl halides is 3. The largest absolute Gasteiger partial charge is 0.416 e. The van der Waals surface area contributed by atoms with E-state index in [-0.39, 0.29) is 24.5 Å². The van der Waals surface area contributed by atoms with Crippen LogP contribution in [-0.2, 0) is 19.3 Å². The van der Waals surface area contributed by atoms with Gasteiger partial charge in [-0.15, -0.1) is 12.4 Å². The topological polar surface area (TPSA) is 31.4 Å². The van der Waals surface area contributed by atoms with Crippen LogP contribution >= 0.6 is 12.4 Å². The van der Waals surface area contributed by atoms with Crippen LogP contribution in [0, 0.1) is 0 Å². The van der Waals surface area contributed by atoms with Crippen molar-refractivity contribution in [2.45, 2.75) is 19.3 Å². The number of hydrogen-bond donors (Lipinski definition) is 1. The molecular weight excluding hydrogens is 377 g/mol. The van der Waals surface area contributed by atoms with Gasteiger partial charge in [-0.05, 0) is 24.7 Å². The molecule has 0 unspecified atom stereocenters. The molecule has 1 N–H and O–H groups in total. The molecule has 0 saturated carbocycles. The van der Waals surface area contributed by atoms with Crippen molar-refractivity contribution in [3.05, 3.63) is 59.3 Å². The van der Waals surface area contributed by atoms with Gasteiger partial charge in [0, 0.05) is 51.0 Å². The van der Waals surface area contributed by atoms with Gasteiger partial charge in [0.05, 0.1) is 5.56 Å². The van der Waals surface area contributed by atoms with Gasteiger partial charge in [0.15, 0.2) is 0 Å². The van der Waals surface area contributed by atoms with E-state index in [0.717, 1.165) is 43.6 Å². The fourth-order valence-corrected chi connectivity index (χ4v) is 3.15. The molecule has 4 nitrogen and oxygen atoms in total. The van der Waals surface area contributed by atoms with Crippen molar-refractivity contribution in [3.8, 4) is 0 Å². The van der Waals surface area contributed by atoms with E-state index in [2.05, 4.69) is 27.1 Å². The van der Waals surface area contributed by atoms with E-state index in [1.54, 1.807) is 12.3 Å². The third-order valence-corrected chi connectivity index (χ3v) is 4.62. The van der Waals surface area contributed by atoms with Crippen LogP contribution < -0.4 is 10.2 Å². The molecule has 1 aliphatic rings. The molecule has 148 valence electrons. The summed E-state index contributed by atoms with van der Waals surface area (Å²) in [7, 11) is 2.09. The lowest BCUT2D eigenvalue weighted by atomic mass is 10.1. The van der Waals surface area contributed by atoms with Crippen molar-refractivity contribution in [2.75, 3.05) is 38.1 Å². The van der Waals surface area contributed by atoms with Crippen LogP contribution in [0.1, 0.15) is 16.7 Å². The molecule has 27 heavy (non-hydrogen) atoms. The highest BCUT2D eigenvalue weighted by Gasteiger charge is 2.32. The minimum atomic E-state index is -4.34. The number of likely N-dealkylation sites (N-methyl/N-ethyl adjacent to an activating group) is 1. The quantitative estimate of drug-likeness (QED) is 0.831. The number of rotatable bonds is 5. The minimum absolute atomic E-state index is 0. The molecule has 1 saturated heterocycles. The minimum Gasteiger partial charge on any atom is -0.354 e. The number of nitrogens with zero attached hydrogens (tertiary/aromatic N) is 3. The molecule has 0 amide bonds. The number of halogens is 4. The van der Waals surface area contributed by atoms with Gasteiger partial charge in [-0.25, -0.2) is 4.98 Å². The maximum atomic E-state index is 13.1. The molecule has 0 bridgehead atoms. The molecule has 1 fully saturated rings. The summed E-state index contributed by atoms with van der Waals surface area (Å²) in [5.41, 5.74) is 0.671. The fraction of sp³-hybridized carbons (Fsp3) is 0.421. The van der Waals surface area contributed by atoms with Crippen molar-refractivity contribution in [2.24, 2.45) is 0 Å². The van der Waals surface area contributed by atoms with Crippen molar-refractivity contribution in [1.29, 1.82) is 0 Å². The Morgan fingerprint density at radius 3 is 2.30 bits per heavy atom. The Hall–Kier alpha value is -1.83. The van der Waals surface area contributed by atoms with Crippen LogP contribution in [0.15, 0.2) is 42.6 Å². The molecule has 2 aromatic rings. The smallest absolute Gasteiger partial charge is 0.354 e. The third kappa shape index (κ3) is 5.57. The lowest BCUT2D eigenvalue weighted by Crippen LogP contribution is -2.45. The van der Waals surface area contributed by atoms with Crippen LogP contribution in [0.3, 0.4) is 0 Å². The summed E-state index contributed by atoms with van der Waals surface area (Å²) in [6.07, 6.45) is -2.58. The second kappa shape index (κ2) is 9.39. The summed E-state index contributed by atoms with van der Waals surface area (Å²) in [6.45, 7) is 4.38. The van der Waals surface area contributed by atoms with Crippen LogP contribution in [0.25, 0.3) is 0 Å². The van der Waals surface area contributed by atoms with E-state index in [9.17, 15) is 13.2 Å². The predicted octanol–water partition coefficient (Wildman–Crippen LogP) is 3.56. The first-order valence-corrected chi connectivity index (χ1v) is 8.68. The molecule has 8 heteroatoms. The molecule has 0 aliphatic carbocycles. The number of aromatic nitrogens is 1. The van der Waals surface area contributed by atoms with Crippen LogP contribution in [0.2, 0.25) is 0 Å². The Bertz CT molecular complexity index is 731. The van der Waals surface area contributed by atoms with Gasteiger partial charge >= 0.3 is 6.18 Å². The molecule has 0 spiro atoms. The van der Waals surface area contributed by atoms with Crippen molar-refractivity contribution in [3.63, 3.8) is 0 Å².